The van der Waals surface area contributed by atoms with Crippen LogP contribution in [0.4, 0.5) is 0 Å². The van der Waals surface area contributed by atoms with Crippen LogP contribution in [0, 0.1) is 0 Å². The zero-order valence-corrected chi connectivity index (χ0v) is 65.6. The lowest BCUT2D eigenvalue weighted by atomic mass is 10.0. The Morgan fingerprint density at radius 1 is 0.167 bits per heavy atom. The molecule has 0 amide bonds. The Kier molecular flexibility index (Phi) is 18.6. The second-order valence-electron chi connectivity index (χ2n) is 26.1. The van der Waals surface area contributed by atoms with E-state index in [0.29, 0.717) is 0 Å². The highest BCUT2D eigenvalue weighted by Crippen LogP contribution is 2.45. The minimum Gasteiger partial charge on any atom is -0.321 e. The monoisotopic (exact) mass is 1770 g/mol. The first-order valence-corrected chi connectivity index (χ1v) is 45.1. The SMILES string of the molecule is O=S(=O)(O)c1ccc(-c2nc3c(nc2-c2ccc(S(=O)(=O)O)cc2)-c2nc-3nc3nc([nH]c4nc(nc5[nH]c(n2)c2nc(-c6ccc(S(=O)(=O)O)cc6)c(-c6ccc(S(=O)(=O)O)cc6)nc52)-c2nc(-c5ccc(S(=O)(=O)O)cc5)c(-c5ccc(S(=O)(=O)O)cc5)nc2-4)-c2nc(-c4ccc(S(=O)(=O)O)cc4)c(-c4ccc(S(=O)(=O)O)cc4)nc2-3)cc1. The zero-order valence-electron chi connectivity index (χ0n) is 59.1. The van der Waals surface area contributed by atoms with Crippen LogP contribution in [0.2, 0.25) is 0 Å². The number of nitrogens with one attached hydrogen (secondary N) is 2. The van der Waals surface area contributed by atoms with Crippen molar-refractivity contribution in [3.05, 3.63) is 194 Å². The topological polar surface area (TPSA) is 647 Å². The van der Waals surface area contributed by atoms with E-state index in [9.17, 15) is 104 Å². The van der Waals surface area contributed by atoms with Gasteiger partial charge in [0.15, 0.2) is 46.2 Å². The molecule has 602 valence electrons. The molecule has 9 heterocycles. The van der Waals surface area contributed by atoms with Gasteiger partial charge in [0, 0.05) is 44.5 Å². The van der Waals surface area contributed by atoms with E-state index in [0.717, 1.165) is 97.1 Å². The van der Waals surface area contributed by atoms with Crippen molar-refractivity contribution < 1.29 is 104 Å². The van der Waals surface area contributed by atoms with Gasteiger partial charge in [0.05, 0.1) is 84.7 Å². The van der Waals surface area contributed by atoms with E-state index in [1.807, 2.05) is 0 Å². The van der Waals surface area contributed by atoms with E-state index in [2.05, 4.69) is 9.97 Å². The molecule has 14 aromatic rings. The normalized spacial score (nSPS) is 12.9. The molecule has 0 saturated carbocycles. The average Bonchev–Trinajstić information content (AvgIpc) is 1.57. The third-order valence-corrected chi connectivity index (χ3v) is 25.4. The number of H-pyrrole nitrogens is 2. The summed E-state index contributed by atoms with van der Waals surface area (Å²) in [6.45, 7) is 0. The molecule has 0 unspecified atom stereocenters. The zero-order chi connectivity index (χ0) is 85.0. The van der Waals surface area contributed by atoms with Crippen molar-refractivity contribution in [1.29, 1.82) is 0 Å². The number of hydrogen-bond acceptors (Lipinski definition) is 30. The number of aromatic nitrogens is 16. The molecule has 10 N–H and O–H groups in total. The summed E-state index contributed by atoms with van der Waals surface area (Å²) in [6, 6.07) is 36.2. The van der Waals surface area contributed by atoms with E-state index >= 15 is 0 Å². The fraction of sp³-hybridized carbons (Fsp3) is 0. The van der Waals surface area contributed by atoms with E-state index in [-0.39, 0.29) is 158 Å². The number of fused-ring (bicyclic) bond motifs is 20. The third-order valence-electron chi connectivity index (χ3n) is 18.5. The Bertz CT molecular complexity index is 7600. The first-order valence-electron chi connectivity index (χ1n) is 33.6. The minimum absolute atomic E-state index is 0.0559. The molecule has 0 atom stereocenters. The fourth-order valence-electron chi connectivity index (χ4n) is 12.8. The van der Waals surface area contributed by atoms with Crippen LogP contribution in [0.5, 0.6) is 0 Å². The summed E-state index contributed by atoms with van der Waals surface area (Å²) in [5.41, 5.74) is -3.53. The van der Waals surface area contributed by atoms with Crippen LogP contribution in [0.15, 0.2) is 233 Å². The summed E-state index contributed by atoms with van der Waals surface area (Å²) in [4.78, 5) is 72.3. The van der Waals surface area contributed by atoms with Crippen LogP contribution in [-0.4, -0.2) is 184 Å². The van der Waals surface area contributed by atoms with Gasteiger partial charge >= 0.3 is 0 Å². The van der Waals surface area contributed by atoms with E-state index < -0.39 is 143 Å². The molecule has 3 aliphatic heterocycles. The van der Waals surface area contributed by atoms with Crippen LogP contribution in [0.25, 0.3) is 181 Å². The third kappa shape index (κ3) is 14.9. The fourth-order valence-corrected chi connectivity index (χ4v) is 16.7. The number of hydrogen-bond donors (Lipinski definition) is 10. The van der Waals surface area contributed by atoms with Crippen LogP contribution in [0.1, 0.15) is 0 Å². The van der Waals surface area contributed by atoms with E-state index in [1.54, 1.807) is 0 Å². The van der Waals surface area contributed by atoms with Crippen molar-refractivity contribution in [2.24, 2.45) is 0 Å². The molecule has 0 saturated heterocycles. The highest BCUT2D eigenvalue weighted by molar-refractivity contribution is 7.87. The highest BCUT2D eigenvalue weighted by atomic mass is 32.2. The molecule has 48 heteroatoms. The molecular weight excluding hydrogens is 1730 g/mol. The first-order chi connectivity index (χ1) is 56.4. The highest BCUT2D eigenvalue weighted by Gasteiger charge is 2.35. The van der Waals surface area contributed by atoms with Crippen LogP contribution < -0.4 is 0 Å². The van der Waals surface area contributed by atoms with Gasteiger partial charge < -0.3 is 9.97 Å². The maximum Gasteiger partial charge on any atom is 0.294 e. The molecule has 0 spiro atoms. The van der Waals surface area contributed by atoms with E-state index in [1.165, 1.54) is 97.1 Å². The smallest absolute Gasteiger partial charge is 0.294 e. The van der Waals surface area contributed by atoms with Crippen molar-refractivity contribution >= 4 is 103 Å². The van der Waals surface area contributed by atoms with Crippen molar-refractivity contribution in [2.45, 2.75) is 39.2 Å². The molecule has 8 bridgehead atoms. The summed E-state index contributed by atoms with van der Waals surface area (Å²) in [5.74, 6) is -2.49. The van der Waals surface area contributed by atoms with Gasteiger partial charge in [-0.3, -0.25) is 36.4 Å². The number of aromatic amines is 2. The number of rotatable bonds is 16. The molecule has 40 nitrogen and oxygen atoms in total. The van der Waals surface area contributed by atoms with Gasteiger partial charge in [0.2, 0.25) is 0 Å². The maximum absolute atomic E-state index is 12.5. The molecule has 0 aliphatic carbocycles. The van der Waals surface area contributed by atoms with E-state index in [4.69, 9.17) is 69.8 Å². The quantitative estimate of drug-likeness (QED) is 0.0403. The van der Waals surface area contributed by atoms with Crippen LogP contribution >= 0.6 is 0 Å². The lowest BCUT2D eigenvalue weighted by molar-refractivity contribution is 0.481. The first kappa shape index (κ1) is 79.2. The molecular formula is C72H42N16O24S8. The standard InChI is InChI=1S/C72H42N16O24S8/c89-113(90,91)41-17-1-33(2-18-41)49-50(34-3-19-42(20-4-34)114(92,93)94)74-58-57(73-49)65-81-66(58)86-68-61-62(78-54(38-11-27-46(28-12-38)118(104,105)106)53(77-61)37-9-25-45(26-10-37)117(101,102)103)70(83-68)88-72-64-63(79-55(39-13-29-47(30-14-39)119(107,108)109)56(80-64)40-15-31-48(32-16-40)120(110,111)112)71(84-72)87-69-60-59(67(82-69)85-65)75-51(35-5-21-43(22-6-35)115(95,96)97)52(76-60)36-7-23-44(24-8-36)116(98,99)100/h1-32H,(H,89,90,91)(H,92,93,94)(H,95,96,97)(H,98,99,100)(H,101,102,103)(H,104,105,106)(H,107,108,109)(H,110,111,112)(H2,81,82,83,84,85,86,87,88). The predicted molar refractivity (Wildman–Crippen MR) is 419 cm³/mol. The number of nitrogens with zero attached hydrogens (tertiary/aromatic N) is 14. The van der Waals surface area contributed by atoms with Gasteiger partial charge in [-0.25, -0.2) is 69.8 Å². The Morgan fingerprint density at radius 3 is 0.525 bits per heavy atom. The van der Waals surface area contributed by atoms with Crippen LogP contribution in [-0.2, 0) is 80.9 Å². The average molecular weight is 1770 g/mol. The van der Waals surface area contributed by atoms with Gasteiger partial charge in [0.1, 0.15) is 45.2 Å². The molecule has 0 fully saturated rings. The Morgan fingerprint density at radius 2 is 0.325 bits per heavy atom. The molecule has 0 radical (unpaired) electrons. The van der Waals surface area contributed by atoms with Crippen molar-refractivity contribution in [2.75, 3.05) is 0 Å². The summed E-state index contributed by atoms with van der Waals surface area (Å²) in [7, 11) is -38.8. The van der Waals surface area contributed by atoms with Crippen LogP contribution in [0.3, 0.4) is 0 Å². The maximum atomic E-state index is 12.5. The van der Waals surface area contributed by atoms with Gasteiger partial charge in [-0.1, -0.05) is 97.1 Å². The lowest BCUT2D eigenvalue weighted by Crippen LogP contribution is -2.02. The lowest BCUT2D eigenvalue weighted by Gasteiger charge is -2.13. The van der Waals surface area contributed by atoms with Gasteiger partial charge in [-0.05, 0) is 97.1 Å². The second kappa shape index (κ2) is 28.2. The minimum atomic E-state index is -4.86. The molecule has 3 aliphatic rings. The number of benzene rings is 8. The van der Waals surface area contributed by atoms with Crippen molar-refractivity contribution in [3.63, 3.8) is 0 Å². The predicted octanol–water partition coefficient (Wildman–Crippen LogP) is 9.24. The summed E-state index contributed by atoms with van der Waals surface area (Å²) in [6.07, 6.45) is 0. The summed E-state index contributed by atoms with van der Waals surface area (Å²) >= 11 is 0. The molecule has 6 aromatic heterocycles. The van der Waals surface area contributed by atoms with Gasteiger partial charge in [0.25, 0.3) is 80.9 Å². The summed E-state index contributed by atoms with van der Waals surface area (Å²) in [5, 5.41) is 0. The molecule has 8 aromatic carbocycles. The largest absolute Gasteiger partial charge is 0.321 e. The van der Waals surface area contributed by atoms with Crippen molar-refractivity contribution in [1.82, 2.24) is 79.7 Å². The van der Waals surface area contributed by atoms with Gasteiger partial charge in [-0.15, -0.1) is 0 Å². The Hall–Kier alpha value is -13.3. The summed E-state index contributed by atoms with van der Waals surface area (Å²) < 4.78 is 281. The second-order valence-corrected chi connectivity index (χ2v) is 37.4. The Labute approximate surface area is 674 Å². The van der Waals surface area contributed by atoms with Gasteiger partial charge in [-0.2, -0.15) is 67.3 Å². The molecule has 120 heavy (non-hydrogen) atoms. The van der Waals surface area contributed by atoms with Crippen molar-refractivity contribution in [3.8, 4) is 159 Å². The molecule has 17 rings (SSSR count). The Balaban J connectivity index is 1.04.